The van der Waals surface area contributed by atoms with Crippen LogP contribution in [0.25, 0.3) is 0 Å². The van der Waals surface area contributed by atoms with E-state index in [-0.39, 0.29) is 0 Å². The van der Waals surface area contributed by atoms with Crippen molar-refractivity contribution in [2.24, 2.45) is 0 Å². The number of anilines is 1. The summed E-state index contributed by atoms with van der Waals surface area (Å²) in [6, 6.07) is 2.09. The molecule has 0 amide bonds. The van der Waals surface area contributed by atoms with Crippen molar-refractivity contribution in [1.29, 1.82) is 0 Å². The maximum absolute atomic E-state index is 5.71. The predicted molar refractivity (Wildman–Crippen MR) is 77.8 cm³/mol. The summed E-state index contributed by atoms with van der Waals surface area (Å²) < 4.78 is 5.71. The monoisotopic (exact) mass is 267 g/mol. The van der Waals surface area contributed by atoms with Crippen molar-refractivity contribution in [1.82, 2.24) is 10.3 Å². The van der Waals surface area contributed by atoms with Gasteiger partial charge in [0.1, 0.15) is 5.75 Å². The van der Waals surface area contributed by atoms with Gasteiger partial charge in [-0.25, -0.2) is 0 Å². The average molecular weight is 267 g/mol. The Bertz CT molecular complexity index is 356. The molecule has 0 unspecified atom stereocenters. The normalized spacial score (nSPS) is 15.7. The van der Waals surface area contributed by atoms with Gasteiger partial charge in [-0.05, 0) is 5.75 Å². The summed E-state index contributed by atoms with van der Waals surface area (Å²) in [7, 11) is 0. The third-order valence-electron chi connectivity index (χ3n) is 2.88. The summed E-state index contributed by atoms with van der Waals surface area (Å²) in [5.74, 6) is 3.05. The molecule has 1 aromatic heterocycles. The van der Waals surface area contributed by atoms with E-state index < -0.39 is 0 Å². The number of ether oxygens (including phenoxy) is 1. The molecule has 0 radical (unpaired) electrons. The van der Waals surface area contributed by atoms with Gasteiger partial charge in [-0.3, -0.25) is 4.98 Å². The van der Waals surface area contributed by atoms with Crippen LogP contribution >= 0.6 is 11.8 Å². The van der Waals surface area contributed by atoms with E-state index in [0.29, 0.717) is 0 Å². The van der Waals surface area contributed by atoms with Gasteiger partial charge in [0.25, 0.3) is 0 Å². The van der Waals surface area contributed by atoms with Crippen LogP contribution in [0.15, 0.2) is 18.5 Å². The van der Waals surface area contributed by atoms with E-state index in [1.165, 1.54) is 0 Å². The second kappa shape index (κ2) is 7.48. The van der Waals surface area contributed by atoms with E-state index in [4.69, 9.17) is 4.74 Å². The van der Waals surface area contributed by atoms with Crippen molar-refractivity contribution < 1.29 is 4.74 Å². The summed E-state index contributed by atoms with van der Waals surface area (Å²) >= 11 is 1.90. The molecule has 0 saturated carbocycles. The molecule has 100 valence electrons. The molecule has 1 fully saturated rings. The van der Waals surface area contributed by atoms with Crippen molar-refractivity contribution in [2.75, 3.05) is 49.2 Å². The maximum Gasteiger partial charge on any atom is 0.139 e. The number of pyridine rings is 1. The van der Waals surface area contributed by atoms with Crippen LogP contribution in [-0.4, -0.2) is 49.3 Å². The fourth-order valence-electron chi connectivity index (χ4n) is 1.95. The summed E-state index contributed by atoms with van der Waals surface area (Å²) in [5, 5.41) is 3.35. The van der Waals surface area contributed by atoms with Crippen molar-refractivity contribution in [2.45, 2.75) is 6.92 Å². The SMILES string of the molecule is CCSCCOc1cncc(N2CCNCC2)c1. The first-order chi connectivity index (χ1) is 8.90. The van der Waals surface area contributed by atoms with Gasteiger partial charge in [-0.15, -0.1) is 0 Å². The third-order valence-corrected chi connectivity index (χ3v) is 3.74. The Kier molecular flexibility index (Phi) is 5.61. The molecule has 1 aromatic rings. The van der Waals surface area contributed by atoms with Gasteiger partial charge in [0.2, 0.25) is 0 Å². The Balaban J connectivity index is 1.88. The molecule has 18 heavy (non-hydrogen) atoms. The highest BCUT2D eigenvalue weighted by Gasteiger charge is 2.11. The molecule has 2 heterocycles. The molecule has 5 heteroatoms. The number of thioether (sulfide) groups is 1. The molecule has 4 nitrogen and oxygen atoms in total. The second-order valence-corrected chi connectivity index (χ2v) is 5.56. The van der Waals surface area contributed by atoms with Crippen LogP contribution in [0, 0.1) is 0 Å². The zero-order valence-electron chi connectivity index (χ0n) is 10.9. The Hall–Kier alpha value is -0.940. The van der Waals surface area contributed by atoms with Gasteiger partial charge in [-0.2, -0.15) is 11.8 Å². The lowest BCUT2D eigenvalue weighted by atomic mass is 10.3. The van der Waals surface area contributed by atoms with Crippen LogP contribution in [0.3, 0.4) is 0 Å². The predicted octanol–water partition coefficient (Wildman–Crippen LogP) is 1.62. The van der Waals surface area contributed by atoms with Gasteiger partial charge < -0.3 is 15.0 Å². The Morgan fingerprint density at radius 1 is 1.39 bits per heavy atom. The zero-order chi connectivity index (χ0) is 12.6. The zero-order valence-corrected chi connectivity index (χ0v) is 11.7. The Morgan fingerprint density at radius 2 is 2.22 bits per heavy atom. The number of piperazine rings is 1. The minimum absolute atomic E-state index is 0.755. The quantitative estimate of drug-likeness (QED) is 0.793. The summed E-state index contributed by atoms with van der Waals surface area (Å²) in [5.41, 5.74) is 1.16. The van der Waals surface area contributed by atoms with E-state index in [1.54, 1.807) is 6.20 Å². The van der Waals surface area contributed by atoms with Crippen LogP contribution < -0.4 is 15.0 Å². The van der Waals surface area contributed by atoms with Crippen LogP contribution in [-0.2, 0) is 0 Å². The van der Waals surface area contributed by atoms with Crippen molar-refractivity contribution in [3.05, 3.63) is 18.5 Å². The van der Waals surface area contributed by atoms with E-state index in [2.05, 4.69) is 28.2 Å². The minimum Gasteiger partial charge on any atom is -0.491 e. The minimum atomic E-state index is 0.755. The second-order valence-electron chi connectivity index (χ2n) is 4.16. The van der Waals surface area contributed by atoms with Crippen molar-refractivity contribution >= 4 is 17.4 Å². The van der Waals surface area contributed by atoms with E-state index >= 15 is 0 Å². The molecule has 1 aliphatic heterocycles. The Labute approximate surface area is 113 Å². The van der Waals surface area contributed by atoms with Crippen LogP contribution in [0.1, 0.15) is 6.92 Å². The van der Waals surface area contributed by atoms with E-state index in [9.17, 15) is 0 Å². The lowest BCUT2D eigenvalue weighted by molar-refractivity contribution is 0.342. The molecule has 0 aliphatic carbocycles. The van der Waals surface area contributed by atoms with Crippen molar-refractivity contribution in [3.8, 4) is 5.75 Å². The fraction of sp³-hybridized carbons (Fsp3) is 0.615. The van der Waals surface area contributed by atoms with Gasteiger partial charge in [0, 0.05) is 38.0 Å². The highest BCUT2D eigenvalue weighted by atomic mass is 32.2. The van der Waals surface area contributed by atoms with Gasteiger partial charge in [-0.1, -0.05) is 6.92 Å². The lowest BCUT2D eigenvalue weighted by Crippen LogP contribution is -2.43. The molecule has 1 N–H and O–H groups in total. The number of rotatable bonds is 6. The number of aromatic nitrogens is 1. The number of nitrogens with zero attached hydrogens (tertiary/aromatic N) is 2. The molecule has 0 atom stereocenters. The van der Waals surface area contributed by atoms with E-state index in [1.807, 2.05) is 18.0 Å². The van der Waals surface area contributed by atoms with Crippen LogP contribution in [0.5, 0.6) is 5.75 Å². The number of hydrogen-bond donors (Lipinski definition) is 1. The lowest BCUT2D eigenvalue weighted by Gasteiger charge is -2.29. The highest BCUT2D eigenvalue weighted by Crippen LogP contribution is 2.20. The molecular formula is C13H21N3OS. The summed E-state index contributed by atoms with van der Waals surface area (Å²) in [6.07, 6.45) is 3.71. The molecule has 0 bridgehead atoms. The van der Waals surface area contributed by atoms with Gasteiger partial charge in [0.05, 0.1) is 24.7 Å². The first-order valence-electron chi connectivity index (χ1n) is 6.51. The van der Waals surface area contributed by atoms with Gasteiger partial charge >= 0.3 is 0 Å². The topological polar surface area (TPSA) is 37.4 Å². The molecule has 1 aliphatic rings. The molecule has 2 rings (SSSR count). The van der Waals surface area contributed by atoms with E-state index in [0.717, 1.165) is 55.7 Å². The highest BCUT2D eigenvalue weighted by molar-refractivity contribution is 7.99. The molecule has 0 aromatic carbocycles. The maximum atomic E-state index is 5.71. The van der Waals surface area contributed by atoms with Crippen LogP contribution in [0.4, 0.5) is 5.69 Å². The molecule has 0 spiro atoms. The summed E-state index contributed by atoms with van der Waals surface area (Å²) in [4.78, 5) is 6.61. The van der Waals surface area contributed by atoms with Crippen LogP contribution in [0.2, 0.25) is 0 Å². The average Bonchev–Trinajstić information content (AvgIpc) is 2.45. The standard InChI is InChI=1S/C13H21N3OS/c1-2-18-8-7-17-13-9-12(10-15-11-13)16-5-3-14-4-6-16/h9-11,14H,2-8H2,1H3. The smallest absolute Gasteiger partial charge is 0.139 e. The third kappa shape index (κ3) is 4.07. The van der Waals surface area contributed by atoms with Crippen molar-refractivity contribution in [3.63, 3.8) is 0 Å². The fourth-order valence-corrected chi connectivity index (χ4v) is 2.43. The number of hydrogen-bond acceptors (Lipinski definition) is 5. The largest absolute Gasteiger partial charge is 0.491 e. The molecule has 1 saturated heterocycles. The first-order valence-corrected chi connectivity index (χ1v) is 7.67. The first kappa shape index (κ1) is 13.5. The molecular weight excluding hydrogens is 246 g/mol. The summed E-state index contributed by atoms with van der Waals surface area (Å²) in [6.45, 7) is 7.08. The number of nitrogens with one attached hydrogen (secondary N) is 1. The van der Waals surface area contributed by atoms with Gasteiger partial charge in [0.15, 0.2) is 0 Å². The Morgan fingerprint density at radius 3 is 3.00 bits per heavy atom.